The summed E-state index contributed by atoms with van der Waals surface area (Å²) < 4.78 is 4.88. The Morgan fingerprint density at radius 3 is 2.50 bits per heavy atom. The molecular weight excluding hydrogens is 236 g/mol. The van der Waals surface area contributed by atoms with E-state index in [-0.39, 0.29) is 5.91 Å². The van der Waals surface area contributed by atoms with Gasteiger partial charge in [-0.05, 0) is 26.8 Å². The largest absolute Gasteiger partial charge is 0.480 e. The molecule has 6 heteroatoms. The summed E-state index contributed by atoms with van der Waals surface area (Å²) in [5.41, 5.74) is 0. The van der Waals surface area contributed by atoms with Gasteiger partial charge in [0, 0.05) is 20.3 Å². The molecule has 1 amide bonds. The number of nitrogens with zero attached hydrogens (tertiary/aromatic N) is 1. The van der Waals surface area contributed by atoms with Gasteiger partial charge in [-0.2, -0.15) is 0 Å². The average Bonchev–Trinajstić information content (AvgIpc) is 2.33. The normalized spacial score (nSPS) is 14.3. The fourth-order valence-electron chi connectivity index (χ4n) is 1.67. The highest BCUT2D eigenvalue weighted by Crippen LogP contribution is 2.07. The molecule has 0 aromatic heterocycles. The van der Waals surface area contributed by atoms with Crippen molar-refractivity contribution in [3.63, 3.8) is 0 Å². The van der Waals surface area contributed by atoms with Crippen molar-refractivity contribution in [2.24, 2.45) is 0 Å². The molecule has 0 aromatic rings. The number of carboxylic acid groups (broad SMARTS) is 1. The maximum Gasteiger partial charge on any atom is 0.320 e. The van der Waals surface area contributed by atoms with E-state index in [0.717, 1.165) is 6.42 Å². The van der Waals surface area contributed by atoms with E-state index in [1.807, 2.05) is 0 Å². The van der Waals surface area contributed by atoms with Crippen LogP contribution in [0.15, 0.2) is 0 Å². The van der Waals surface area contributed by atoms with Crippen molar-refractivity contribution in [3.8, 4) is 0 Å². The summed E-state index contributed by atoms with van der Waals surface area (Å²) in [5, 5.41) is 11.8. The monoisotopic (exact) mass is 260 g/mol. The summed E-state index contributed by atoms with van der Waals surface area (Å²) in [6.07, 6.45) is 1.21. The number of carboxylic acids is 1. The Bertz CT molecular complexity index is 271. The molecule has 0 fully saturated rings. The first kappa shape index (κ1) is 16.9. The van der Waals surface area contributed by atoms with Gasteiger partial charge in [-0.25, -0.2) is 0 Å². The number of carbonyl (C=O) groups excluding carboxylic acids is 1. The Balaban J connectivity index is 4.22. The molecule has 2 atom stereocenters. The van der Waals surface area contributed by atoms with Crippen molar-refractivity contribution >= 4 is 11.9 Å². The van der Waals surface area contributed by atoms with Gasteiger partial charge in [-0.15, -0.1) is 0 Å². The molecule has 0 radical (unpaired) electrons. The molecule has 0 spiro atoms. The first-order valence-corrected chi connectivity index (χ1v) is 6.17. The van der Waals surface area contributed by atoms with Crippen LogP contribution >= 0.6 is 0 Å². The van der Waals surface area contributed by atoms with Crippen molar-refractivity contribution < 1.29 is 19.4 Å². The van der Waals surface area contributed by atoms with Crippen LogP contribution < -0.4 is 5.32 Å². The predicted octanol–water partition coefficient (Wildman–Crippen LogP) is 0.323. The second kappa shape index (κ2) is 8.88. The highest BCUT2D eigenvalue weighted by molar-refractivity contribution is 5.82. The minimum Gasteiger partial charge on any atom is -0.480 e. The van der Waals surface area contributed by atoms with Crippen LogP contribution in [0.25, 0.3) is 0 Å². The van der Waals surface area contributed by atoms with Gasteiger partial charge in [0.1, 0.15) is 6.04 Å². The first-order valence-electron chi connectivity index (χ1n) is 6.17. The van der Waals surface area contributed by atoms with Crippen LogP contribution in [0.4, 0.5) is 0 Å². The van der Waals surface area contributed by atoms with Crippen LogP contribution in [0, 0.1) is 0 Å². The summed E-state index contributed by atoms with van der Waals surface area (Å²) >= 11 is 0. The van der Waals surface area contributed by atoms with E-state index >= 15 is 0 Å². The van der Waals surface area contributed by atoms with Gasteiger partial charge in [-0.3, -0.25) is 14.5 Å². The van der Waals surface area contributed by atoms with Gasteiger partial charge < -0.3 is 15.2 Å². The van der Waals surface area contributed by atoms with Crippen LogP contribution in [0.5, 0.6) is 0 Å². The zero-order valence-corrected chi connectivity index (χ0v) is 11.6. The maximum absolute atomic E-state index is 11.8. The Kier molecular flexibility index (Phi) is 8.32. The number of carbonyl (C=O) groups is 2. The van der Waals surface area contributed by atoms with E-state index in [2.05, 4.69) is 5.32 Å². The molecule has 0 aliphatic rings. The Hall–Kier alpha value is -1.14. The van der Waals surface area contributed by atoms with Gasteiger partial charge in [0.15, 0.2) is 0 Å². The molecule has 0 saturated heterocycles. The highest BCUT2D eigenvalue weighted by atomic mass is 16.5. The third-order valence-electron chi connectivity index (χ3n) is 2.98. The molecule has 18 heavy (non-hydrogen) atoms. The summed E-state index contributed by atoms with van der Waals surface area (Å²) in [6, 6.07) is -1.10. The van der Waals surface area contributed by atoms with Gasteiger partial charge in [-0.1, -0.05) is 6.92 Å². The van der Waals surface area contributed by atoms with Crippen molar-refractivity contribution in [2.45, 2.75) is 38.8 Å². The van der Waals surface area contributed by atoms with Crippen molar-refractivity contribution in [1.29, 1.82) is 0 Å². The van der Waals surface area contributed by atoms with Crippen LogP contribution in [-0.2, 0) is 14.3 Å². The minimum atomic E-state index is -0.904. The van der Waals surface area contributed by atoms with Gasteiger partial charge in [0.05, 0.1) is 6.04 Å². The second-order valence-electron chi connectivity index (χ2n) is 4.24. The molecule has 0 bridgehead atoms. The lowest BCUT2D eigenvalue weighted by Crippen LogP contribution is -2.50. The second-order valence-corrected chi connectivity index (χ2v) is 4.24. The van der Waals surface area contributed by atoms with Crippen LogP contribution in [0.2, 0.25) is 0 Å². The standard InChI is InChI=1S/C12H24N2O4/c1-5-10(12(16)17)14(3)9(2)11(15)13-7-6-8-18-4/h9-10H,5-8H2,1-4H3,(H,13,15)(H,16,17). The number of rotatable bonds is 9. The lowest BCUT2D eigenvalue weighted by Gasteiger charge is -2.28. The maximum atomic E-state index is 11.8. The summed E-state index contributed by atoms with van der Waals surface area (Å²) in [5.74, 6) is -1.06. The lowest BCUT2D eigenvalue weighted by molar-refractivity contribution is -0.144. The van der Waals surface area contributed by atoms with E-state index < -0.39 is 18.1 Å². The Morgan fingerprint density at radius 2 is 2.06 bits per heavy atom. The van der Waals surface area contributed by atoms with E-state index in [1.54, 1.807) is 32.9 Å². The number of likely N-dealkylation sites (N-methyl/N-ethyl adjacent to an activating group) is 1. The molecule has 0 rings (SSSR count). The Morgan fingerprint density at radius 1 is 1.44 bits per heavy atom. The van der Waals surface area contributed by atoms with Gasteiger partial charge in [0.25, 0.3) is 0 Å². The highest BCUT2D eigenvalue weighted by Gasteiger charge is 2.28. The molecule has 0 aromatic carbocycles. The van der Waals surface area contributed by atoms with Gasteiger partial charge in [0.2, 0.25) is 5.91 Å². The van der Waals surface area contributed by atoms with E-state index in [9.17, 15) is 9.59 Å². The third kappa shape index (κ3) is 5.46. The minimum absolute atomic E-state index is 0.159. The first-order chi connectivity index (χ1) is 8.45. The fourth-order valence-corrected chi connectivity index (χ4v) is 1.67. The number of methoxy groups -OCH3 is 1. The smallest absolute Gasteiger partial charge is 0.320 e. The fraction of sp³-hybridized carbons (Fsp3) is 0.833. The molecular formula is C12H24N2O4. The average molecular weight is 260 g/mol. The number of hydrogen-bond donors (Lipinski definition) is 2. The zero-order valence-electron chi connectivity index (χ0n) is 11.6. The quantitative estimate of drug-likeness (QED) is 0.584. The summed E-state index contributed by atoms with van der Waals surface area (Å²) in [4.78, 5) is 24.4. The molecule has 0 aliphatic heterocycles. The molecule has 6 nitrogen and oxygen atoms in total. The molecule has 0 saturated carbocycles. The Labute approximate surface area is 108 Å². The molecule has 2 unspecified atom stereocenters. The lowest BCUT2D eigenvalue weighted by atomic mass is 10.1. The molecule has 106 valence electrons. The van der Waals surface area contributed by atoms with Crippen LogP contribution in [0.1, 0.15) is 26.7 Å². The number of nitrogens with one attached hydrogen (secondary N) is 1. The van der Waals surface area contributed by atoms with Crippen molar-refractivity contribution in [1.82, 2.24) is 10.2 Å². The molecule has 0 heterocycles. The molecule has 0 aliphatic carbocycles. The summed E-state index contributed by atoms with van der Waals surface area (Å²) in [6.45, 7) is 4.63. The number of amides is 1. The van der Waals surface area contributed by atoms with E-state index in [0.29, 0.717) is 19.6 Å². The number of hydrogen-bond acceptors (Lipinski definition) is 4. The predicted molar refractivity (Wildman–Crippen MR) is 68.4 cm³/mol. The zero-order chi connectivity index (χ0) is 14.1. The van der Waals surface area contributed by atoms with Crippen molar-refractivity contribution in [2.75, 3.05) is 27.3 Å². The number of aliphatic carboxylic acids is 1. The van der Waals surface area contributed by atoms with Crippen molar-refractivity contribution in [3.05, 3.63) is 0 Å². The number of ether oxygens (including phenoxy) is 1. The van der Waals surface area contributed by atoms with Crippen LogP contribution in [0.3, 0.4) is 0 Å². The van der Waals surface area contributed by atoms with E-state index in [4.69, 9.17) is 9.84 Å². The van der Waals surface area contributed by atoms with Gasteiger partial charge >= 0.3 is 5.97 Å². The summed E-state index contributed by atoms with van der Waals surface area (Å²) in [7, 11) is 3.26. The van der Waals surface area contributed by atoms with E-state index in [1.165, 1.54) is 0 Å². The molecule has 2 N–H and O–H groups in total. The van der Waals surface area contributed by atoms with Crippen LogP contribution in [-0.4, -0.2) is 61.3 Å². The third-order valence-corrected chi connectivity index (χ3v) is 2.98. The topological polar surface area (TPSA) is 78.9 Å². The SMILES string of the molecule is CCC(C(=O)O)N(C)C(C)C(=O)NCCCOC.